The first kappa shape index (κ1) is 15.3. The Hall–Kier alpha value is -0.710. The molecule has 0 aliphatic heterocycles. The van der Waals surface area contributed by atoms with Crippen molar-refractivity contribution < 1.29 is 13.6 Å². The fourth-order valence-electron chi connectivity index (χ4n) is 2.37. The number of carbonyl (C=O) groups excluding carboxylic acids is 1. The van der Waals surface area contributed by atoms with Gasteiger partial charge in [0.15, 0.2) is 0 Å². The molecule has 0 spiro atoms. The molecule has 1 aliphatic rings. The summed E-state index contributed by atoms with van der Waals surface area (Å²) in [5.74, 6) is -2.53. The van der Waals surface area contributed by atoms with Gasteiger partial charge in [-0.05, 0) is 32.2 Å². The van der Waals surface area contributed by atoms with Gasteiger partial charge in [-0.1, -0.05) is 6.92 Å². The summed E-state index contributed by atoms with van der Waals surface area (Å²) >= 11 is 0. The summed E-state index contributed by atoms with van der Waals surface area (Å²) in [7, 11) is 0. The van der Waals surface area contributed by atoms with Crippen LogP contribution in [-0.2, 0) is 4.79 Å². The molecule has 1 atom stereocenters. The van der Waals surface area contributed by atoms with E-state index in [1.165, 1.54) is 0 Å². The second-order valence-corrected chi connectivity index (χ2v) is 5.35. The number of amides is 1. The minimum atomic E-state index is -2.57. The lowest BCUT2D eigenvalue weighted by Gasteiger charge is -2.32. The van der Waals surface area contributed by atoms with Crippen molar-refractivity contribution in [3.63, 3.8) is 0 Å². The quantitative estimate of drug-likeness (QED) is 0.826. The lowest BCUT2D eigenvalue weighted by Crippen LogP contribution is -2.42. The van der Waals surface area contributed by atoms with Crippen molar-refractivity contribution in [3.05, 3.63) is 0 Å². The number of hydrogen-bond acceptors (Lipinski definition) is 2. The second-order valence-electron chi connectivity index (χ2n) is 5.35. The summed E-state index contributed by atoms with van der Waals surface area (Å²) in [6, 6.07) is 0. The number of nitrogens with zero attached hydrogens (tertiary/aromatic N) is 1. The molecule has 1 amide bonds. The molecule has 3 nitrogen and oxygen atoms in total. The van der Waals surface area contributed by atoms with Crippen LogP contribution in [-0.4, -0.2) is 36.4 Å². The molecule has 0 radical (unpaired) electrons. The van der Waals surface area contributed by atoms with Gasteiger partial charge in [-0.2, -0.15) is 0 Å². The van der Waals surface area contributed by atoms with Crippen molar-refractivity contribution in [3.8, 4) is 0 Å². The Labute approximate surface area is 108 Å². The van der Waals surface area contributed by atoms with Crippen LogP contribution in [0.5, 0.6) is 0 Å². The maximum Gasteiger partial charge on any atom is 0.248 e. The van der Waals surface area contributed by atoms with Gasteiger partial charge in [-0.25, -0.2) is 8.78 Å². The third kappa shape index (κ3) is 4.19. The van der Waals surface area contributed by atoms with E-state index >= 15 is 0 Å². The van der Waals surface area contributed by atoms with Crippen LogP contribution in [0.1, 0.15) is 39.5 Å². The van der Waals surface area contributed by atoms with Gasteiger partial charge in [0.05, 0.1) is 0 Å². The smallest absolute Gasteiger partial charge is 0.248 e. The fraction of sp³-hybridized carbons (Fsp3) is 0.923. The van der Waals surface area contributed by atoms with Crippen molar-refractivity contribution >= 4 is 5.91 Å². The predicted octanol–water partition coefficient (Wildman–Crippen LogP) is 2.26. The first-order valence-electron chi connectivity index (χ1n) is 6.76. The average molecular weight is 262 g/mol. The van der Waals surface area contributed by atoms with Crippen LogP contribution in [0, 0.1) is 11.8 Å². The third-order valence-electron chi connectivity index (χ3n) is 3.69. The average Bonchev–Trinajstić information content (AvgIpc) is 2.34. The molecule has 0 aromatic carbocycles. The molecule has 0 aromatic rings. The van der Waals surface area contributed by atoms with E-state index < -0.39 is 5.92 Å². The summed E-state index contributed by atoms with van der Waals surface area (Å²) < 4.78 is 26.1. The molecule has 5 heteroatoms. The molecular formula is C13H24F2N2O. The molecule has 2 N–H and O–H groups in total. The number of carbonyl (C=O) groups is 1. The largest absolute Gasteiger partial charge is 0.342 e. The molecule has 0 heterocycles. The Morgan fingerprint density at radius 3 is 2.44 bits per heavy atom. The van der Waals surface area contributed by atoms with Crippen LogP contribution in [0.3, 0.4) is 0 Å². The maximum absolute atomic E-state index is 13.0. The first-order chi connectivity index (χ1) is 8.39. The molecule has 1 saturated carbocycles. The van der Waals surface area contributed by atoms with Gasteiger partial charge >= 0.3 is 0 Å². The number of alkyl halides is 2. The number of hydrogen-bond donors (Lipinski definition) is 1. The van der Waals surface area contributed by atoms with Crippen LogP contribution in [0.15, 0.2) is 0 Å². The summed E-state index contributed by atoms with van der Waals surface area (Å²) in [4.78, 5) is 14.0. The molecule has 1 aliphatic carbocycles. The van der Waals surface area contributed by atoms with Crippen LogP contribution in [0.4, 0.5) is 8.78 Å². The standard InChI is InChI=1S/C13H24F2N2O/c1-3-17(9-10(2)8-16)12(18)11-4-6-13(14,15)7-5-11/h10-11H,3-9,16H2,1-2H3. The molecule has 1 unspecified atom stereocenters. The molecular weight excluding hydrogens is 238 g/mol. The van der Waals surface area contributed by atoms with E-state index in [1.54, 1.807) is 4.90 Å². The third-order valence-corrected chi connectivity index (χ3v) is 3.69. The highest BCUT2D eigenvalue weighted by atomic mass is 19.3. The Kier molecular flexibility index (Phi) is 5.50. The van der Waals surface area contributed by atoms with E-state index in [-0.39, 0.29) is 30.6 Å². The van der Waals surface area contributed by atoms with Gasteiger partial charge in [-0.15, -0.1) is 0 Å². The van der Waals surface area contributed by atoms with E-state index in [2.05, 4.69) is 0 Å². The van der Waals surface area contributed by atoms with E-state index in [4.69, 9.17) is 5.73 Å². The number of nitrogens with two attached hydrogens (primary N) is 1. The van der Waals surface area contributed by atoms with Crippen LogP contribution in [0.25, 0.3) is 0 Å². The highest BCUT2D eigenvalue weighted by molar-refractivity contribution is 5.79. The molecule has 106 valence electrons. The minimum Gasteiger partial charge on any atom is -0.342 e. The lowest BCUT2D eigenvalue weighted by molar-refractivity contribution is -0.140. The maximum atomic E-state index is 13.0. The van der Waals surface area contributed by atoms with Crippen LogP contribution >= 0.6 is 0 Å². The van der Waals surface area contributed by atoms with E-state index in [9.17, 15) is 13.6 Å². The predicted molar refractivity (Wildman–Crippen MR) is 67.4 cm³/mol. The normalized spacial score (nSPS) is 21.6. The van der Waals surface area contributed by atoms with E-state index in [0.29, 0.717) is 32.5 Å². The van der Waals surface area contributed by atoms with Crippen molar-refractivity contribution in [1.29, 1.82) is 0 Å². The molecule has 18 heavy (non-hydrogen) atoms. The van der Waals surface area contributed by atoms with Gasteiger partial charge in [0.1, 0.15) is 0 Å². The Bertz CT molecular complexity index is 274. The molecule has 1 rings (SSSR count). The van der Waals surface area contributed by atoms with Gasteiger partial charge in [0, 0.05) is 31.8 Å². The zero-order chi connectivity index (χ0) is 13.8. The van der Waals surface area contributed by atoms with Gasteiger partial charge in [0.25, 0.3) is 0 Å². The van der Waals surface area contributed by atoms with Gasteiger partial charge < -0.3 is 10.6 Å². The summed E-state index contributed by atoms with van der Waals surface area (Å²) in [5, 5.41) is 0. The summed E-state index contributed by atoms with van der Waals surface area (Å²) in [6.07, 6.45) is 0.291. The molecule has 0 aromatic heterocycles. The summed E-state index contributed by atoms with van der Waals surface area (Å²) in [6.45, 7) is 5.69. The van der Waals surface area contributed by atoms with E-state index in [0.717, 1.165) is 0 Å². The summed E-state index contributed by atoms with van der Waals surface area (Å²) in [5.41, 5.74) is 5.55. The molecule has 0 bridgehead atoms. The number of halogens is 2. The molecule has 1 fully saturated rings. The van der Waals surface area contributed by atoms with Crippen LogP contribution < -0.4 is 5.73 Å². The first-order valence-corrected chi connectivity index (χ1v) is 6.76. The highest BCUT2D eigenvalue weighted by Crippen LogP contribution is 2.36. The minimum absolute atomic E-state index is 0.0216. The van der Waals surface area contributed by atoms with Crippen molar-refractivity contribution in [2.75, 3.05) is 19.6 Å². The van der Waals surface area contributed by atoms with Crippen LogP contribution in [0.2, 0.25) is 0 Å². The van der Waals surface area contributed by atoms with Crippen molar-refractivity contribution in [2.45, 2.75) is 45.5 Å². The number of rotatable bonds is 5. The fourth-order valence-corrected chi connectivity index (χ4v) is 2.37. The highest BCUT2D eigenvalue weighted by Gasteiger charge is 2.38. The van der Waals surface area contributed by atoms with Gasteiger partial charge in [0.2, 0.25) is 11.8 Å². The Morgan fingerprint density at radius 1 is 1.44 bits per heavy atom. The monoisotopic (exact) mass is 262 g/mol. The van der Waals surface area contributed by atoms with Gasteiger partial charge in [-0.3, -0.25) is 4.79 Å². The zero-order valence-corrected chi connectivity index (χ0v) is 11.3. The van der Waals surface area contributed by atoms with Crippen molar-refractivity contribution in [2.24, 2.45) is 17.6 Å². The van der Waals surface area contributed by atoms with Crippen molar-refractivity contribution in [1.82, 2.24) is 4.90 Å². The zero-order valence-electron chi connectivity index (χ0n) is 11.3. The van der Waals surface area contributed by atoms with E-state index in [1.807, 2.05) is 13.8 Å². The Balaban J connectivity index is 2.52. The second kappa shape index (κ2) is 6.45. The lowest BCUT2D eigenvalue weighted by atomic mass is 9.85. The SMILES string of the molecule is CCN(CC(C)CN)C(=O)C1CCC(F)(F)CC1. The molecule has 0 saturated heterocycles. The Morgan fingerprint density at radius 2 is 2.00 bits per heavy atom. The topological polar surface area (TPSA) is 46.3 Å².